The molecule has 4 nitrogen and oxygen atoms in total. The molecule has 0 radical (unpaired) electrons. The number of methoxy groups -OCH3 is 1. The van der Waals surface area contributed by atoms with Crippen LogP contribution in [-0.2, 0) is 16.6 Å². The van der Waals surface area contributed by atoms with Crippen LogP contribution in [0.1, 0.15) is 5.56 Å². The largest absolute Gasteiger partial charge is 0.496 e. The van der Waals surface area contributed by atoms with Gasteiger partial charge in [0.1, 0.15) is 16.5 Å². The Morgan fingerprint density at radius 3 is 2.62 bits per heavy atom. The number of halogens is 2. The van der Waals surface area contributed by atoms with Gasteiger partial charge in [0.25, 0.3) is 0 Å². The SMILES string of the molecule is COc1ccc(F)cc1CNS(=O)(=O)c1ccccc1Cl. The predicted molar refractivity (Wildman–Crippen MR) is 78.4 cm³/mol. The van der Waals surface area contributed by atoms with E-state index in [1.165, 1.54) is 37.4 Å². The standard InChI is InChI=1S/C14H13ClFNO3S/c1-20-13-7-6-11(16)8-10(13)9-17-21(18,19)14-5-3-2-4-12(14)15/h2-8,17H,9H2,1H3. The van der Waals surface area contributed by atoms with Gasteiger partial charge in [-0.05, 0) is 30.3 Å². The summed E-state index contributed by atoms with van der Waals surface area (Å²) in [5, 5.41) is 0.121. The summed E-state index contributed by atoms with van der Waals surface area (Å²) in [6.45, 7) is -0.103. The van der Waals surface area contributed by atoms with Crippen LogP contribution in [0.25, 0.3) is 0 Å². The van der Waals surface area contributed by atoms with E-state index in [9.17, 15) is 12.8 Å². The van der Waals surface area contributed by atoms with Crippen molar-refractivity contribution in [2.45, 2.75) is 11.4 Å². The Bertz CT molecular complexity index is 750. The predicted octanol–water partition coefficient (Wildman–Crippen LogP) is 2.97. The molecule has 0 aliphatic heterocycles. The van der Waals surface area contributed by atoms with Crippen molar-refractivity contribution in [2.24, 2.45) is 0 Å². The first-order valence-electron chi connectivity index (χ1n) is 6.00. The number of sulfonamides is 1. The molecule has 0 saturated heterocycles. The summed E-state index contributed by atoms with van der Waals surface area (Å²) in [6, 6.07) is 9.99. The summed E-state index contributed by atoms with van der Waals surface area (Å²) in [5.74, 6) is -0.0685. The van der Waals surface area contributed by atoms with Crippen LogP contribution in [0.3, 0.4) is 0 Å². The maximum Gasteiger partial charge on any atom is 0.242 e. The second-order valence-electron chi connectivity index (χ2n) is 4.21. The van der Waals surface area contributed by atoms with Gasteiger partial charge in [-0.25, -0.2) is 17.5 Å². The molecule has 0 aromatic heterocycles. The molecule has 0 aliphatic carbocycles. The van der Waals surface area contributed by atoms with Crippen LogP contribution < -0.4 is 9.46 Å². The van der Waals surface area contributed by atoms with Crippen molar-refractivity contribution >= 4 is 21.6 Å². The lowest BCUT2D eigenvalue weighted by Gasteiger charge is -2.11. The zero-order chi connectivity index (χ0) is 15.5. The highest BCUT2D eigenvalue weighted by Crippen LogP contribution is 2.22. The van der Waals surface area contributed by atoms with E-state index >= 15 is 0 Å². The van der Waals surface area contributed by atoms with Gasteiger partial charge in [0.05, 0.1) is 12.1 Å². The average Bonchev–Trinajstić information content (AvgIpc) is 2.45. The first-order chi connectivity index (χ1) is 9.94. The van der Waals surface area contributed by atoms with Crippen LogP contribution in [0.5, 0.6) is 5.75 Å². The van der Waals surface area contributed by atoms with Gasteiger partial charge in [-0.3, -0.25) is 0 Å². The highest BCUT2D eigenvalue weighted by Gasteiger charge is 2.18. The number of rotatable bonds is 5. The molecule has 2 rings (SSSR count). The van der Waals surface area contributed by atoms with E-state index in [-0.39, 0.29) is 16.5 Å². The molecule has 0 fully saturated rings. The third kappa shape index (κ3) is 3.72. The Morgan fingerprint density at radius 2 is 1.95 bits per heavy atom. The molecule has 0 unspecified atom stereocenters. The van der Waals surface area contributed by atoms with Crippen molar-refractivity contribution < 1.29 is 17.5 Å². The smallest absolute Gasteiger partial charge is 0.242 e. The van der Waals surface area contributed by atoms with Gasteiger partial charge in [-0.1, -0.05) is 23.7 Å². The van der Waals surface area contributed by atoms with E-state index in [0.717, 1.165) is 0 Å². The molecular weight excluding hydrogens is 317 g/mol. The molecule has 112 valence electrons. The van der Waals surface area contributed by atoms with Crippen LogP contribution in [0, 0.1) is 5.82 Å². The molecular formula is C14H13ClFNO3S. The van der Waals surface area contributed by atoms with Gasteiger partial charge >= 0.3 is 0 Å². The fourth-order valence-corrected chi connectivity index (χ4v) is 3.32. The van der Waals surface area contributed by atoms with Crippen molar-refractivity contribution in [3.63, 3.8) is 0 Å². The lowest BCUT2D eigenvalue weighted by atomic mass is 10.2. The van der Waals surface area contributed by atoms with Crippen LogP contribution in [0.15, 0.2) is 47.4 Å². The summed E-state index contributed by atoms with van der Waals surface area (Å²) in [6.07, 6.45) is 0. The average molecular weight is 330 g/mol. The Kier molecular flexibility index (Phi) is 4.82. The minimum atomic E-state index is -3.79. The van der Waals surface area contributed by atoms with Gasteiger partial charge in [0.15, 0.2) is 0 Å². The van der Waals surface area contributed by atoms with E-state index in [2.05, 4.69) is 4.72 Å². The van der Waals surface area contributed by atoms with E-state index in [4.69, 9.17) is 16.3 Å². The molecule has 2 aromatic carbocycles. The quantitative estimate of drug-likeness (QED) is 0.917. The summed E-state index contributed by atoms with van der Waals surface area (Å²) in [7, 11) is -2.36. The molecule has 7 heteroatoms. The zero-order valence-electron chi connectivity index (χ0n) is 11.1. The number of nitrogens with one attached hydrogen (secondary N) is 1. The molecule has 0 atom stereocenters. The van der Waals surface area contributed by atoms with Crippen molar-refractivity contribution in [3.8, 4) is 5.75 Å². The number of hydrogen-bond acceptors (Lipinski definition) is 3. The summed E-state index contributed by atoms with van der Waals surface area (Å²) in [4.78, 5) is -0.0259. The Labute approximate surface area is 127 Å². The lowest BCUT2D eigenvalue weighted by Crippen LogP contribution is -2.23. The molecule has 0 saturated carbocycles. The van der Waals surface area contributed by atoms with E-state index in [1.807, 2.05) is 0 Å². The minimum Gasteiger partial charge on any atom is -0.496 e. The fraction of sp³-hybridized carbons (Fsp3) is 0.143. The topological polar surface area (TPSA) is 55.4 Å². The van der Waals surface area contributed by atoms with E-state index < -0.39 is 15.8 Å². The molecule has 21 heavy (non-hydrogen) atoms. The maximum atomic E-state index is 13.2. The second kappa shape index (κ2) is 6.43. The van der Waals surface area contributed by atoms with Crippen LogP contribution in [-0.4, -0.2) is 15.5 Å². The van der Waals surface area contributed by atoms with Crippen molar-refractivity contribution in [2.75, 3.05) is 7.11 Å². The highest BCUT2D eigenvalue weighted by molar-refractivity contribution is 7.89. The number of benzene rings is 2. The molecule has 0 bridgehead atoms. The normalized spacial score (nSPS) is 11.4. The maximum absolute atomic E-state index is 13.2. The Balaban J connectivity index is 2.24. The van der Waals surface area contributed by atoms with E-state index in [0.29, 0.717) is 11.3 Å². The third-order valence-electron chi connectivity index (χ3n) is 2.82. The molecule has 0 aliphatic rings. The summed E-state index contributed by atoms with van der Waals surface area (Å²) >= 11 is 5.87. The minimum absolute atomic E-state index is 0.0259. The fourth-order valence-electron chi connectivity index (χ4n) is 1.80. The first-order valence-corrected chi connectivity index (χ1v) is 7.87. The van der Waals surface area contributed by atoms with Crippen LogP contribution in [0.2, 0.25) is 5.02 Å². The summed E-state index contributed by atoms with van der Waals surface area (Å²) < 4.78 is 45.0. The zero-order valence-corrected chi connectivity index (χ0v) is 12.7. The summed E-state index contributed by atoms with van der Waals surface area (Å²) in [5.41, 5.74) is 0.396. The van der Waals surface area contributed by atoms with Crippen molar-refractivity contribution in [1.82, 2.24) is 4.72 Å². The Morgan fingerprint density at radius 1 is 1.24 bits per heavy atom. The van der Waals surface area contributed by atoms with Crippen LogP contribution >= 0.6 is 11.6 Å². The number of ether oxygens (including phenoxy) is 1. The third-order valence-corrected chi connectivity index (χ3v) is 4.72. The van der Waals surface area contributed by atoms with Crippen molar-refractivity contribution in [3.05, 3.63) is 58.9 Å². The van der Waals surface area contributed by atoms with Gasteiger partial charge in [0.2, 0.25) is 10.0 Å². The van der Waals surface area contributed by atoms with Crippen molar-refractivity contribution in [1.29, 1.82) is 0 Å². The van der Waals surface area contributed by atoms with Crippen LogP contribution in [0.4, 0.5) is 4.39 Å². The van der Waals surface area contributed by atoms with Gasteiger partial charge in [-0.2, -0.15) is 0 Å². The van der Waals surface area contributed by atoms with Gasteiger partial charge in [0, 0.05) is 12.1 Å². The highest BCUT2D eigenvalue weighted by atomic mass is 35.5. The lowest BCUT2D eigenvalue weighted by molar-refractivity contribution is 0.407. The van der Waals surface area contributed by atoms with E-state index in [1.54, 1.807) is 12.1 Å². The molecule has 0 amide bonds. The molecule has 2 aromatic rings. The molecule has 0 spiro atoms. The first kappa shape index (κ1) is 15.8. The van der Waals surface area contributed by atoms with Gasteiger partial charge in [-0.15, -0.1) is 0 Å². The number of hydrogen-bond donors (Lipinski definition) is 1. The Hall–Kier alpha value is -1.63. The molecule has 0 heterocycles. The second-order valence-corrected chi connectivity index (χ2v) is 6.35. The van der Waals surface area contributed by atoms with Gasteiger partial charge < -0.3 is 4.74 Å². The molecule has 1 N–H and O–H groups in total. The monoisotopic (exact) mass is 329 g/mol.